The Bertz CT molecular complexity index is 1920. The second-order valence-electron chi connectivity index (χ2n) is 11.2. The SMILES string of the molecule is CC(C)C(=O)N1CCC(c2cc3c(Oc4ccc(NC(=O)c5cccn(-c6ccc(F)cc6)c5=O)nc4)ccnc3cn2)CC1. The molecule has 0 atom stereocenters. The van der Waals surface area contributed by atoms with E-state index >= 15 is 0 Å². The van der Waals surface area contributed by atoms with Gasteiger partial charge >= 0.3 is 0 Å². The average molecular weight is 607 g/mol. The highest BCUT2D eigenvalue weighted by molar-refractivity contribution is 6.03. The molecule has 0 bridgehead atoms. The minimum atomic E-state index is -0.628. The number of carbonyl (C=O) groups is 2. The molecule has 6 rings (SSSR count). The van der Waals surface area contributed by atoms with Crippen LogP contribution in [0.2, 0.25) is 0 Å². The van der Waals surface area contributed by atoms with Crippen molar-refractivity contribution in [3.8, 4) is 17.2 Å². The second-order valence-corrected chi connectivity index (χ2v) is 11.2. The zero-order chi connectivity index (χ0) is 31.5. The number of hydrogen-bond donors (Lipinski definition) is 1. The highest BCUT2D eigenvalue weighted by Crippen LogP contribution is 2.33. The summed E-state index contributed by atoms with van der Waals surface area (Å²) in [6, 6.07) is 15.4. The van der Waals surface area contributed by atoms with Crippen LogP contribution in [0.1, 0.15) is 48.7 Å². The predicted molar refractivity (Wildman–Crippen MR) is 167 cm³/mol. The quantitative estimate of drug-likeness (QED) is 0.252. The molecule has 1 aromatic carbocycles. The Kier molecular flexibility index (Phi) is 8.33. The van der Waals surface area contributed by atoms with E-state index in [1.807, 2.05) is 24.8 Å². The van der Waals surface area contributed by atoms with Crippen molar-refractivity contribution in [2.75, 3.05) is 18.4 Å². The Morgan fingerprint density at radius 2 is 1.76 bits per heavy atom. The molecule has 4 aromatic heterocycles. The fourth-order valence-electron chi connectivity index (χ4n) is 5.41. The van der Waals surface area contributed by atoms with Crippen LogP contribution in [-0.4, -0.2) is 49.3 Å². The summed E-state index contributed by atoms with van der Waals surface area (Å²) in [6.45, 7) is 5.27. The molecule has 0 unspecified atom stereocenters. The number of carbonyl (C=O) groups excluding carboxylic acids is 2. The van der Waals surface area contributed by atoms with Crippen LogP contribution in [0.15, 0.2) is 90.2 Å². The predicted octanol–water partition coefficient (Wildman–Crippen LogP) is 5.72. The summed E-state index contributed by atoms with van der Waals surface area (Å²) in [5, 5.41) is 3.45. The third-order valence-corrected chi connectivity index (χ3v) is 7.83. The van der Waals surface area contributed by atoms with Crippen molar-refractivity contribution in [1.82, 2.24) is 24.4 Å². The third kappa shape index (κ3) is 6.42. The zero-order valence-corrected chi connectivity index (χ0v) is 24.8. The minimum Gasteiger partial charge on any atom is -0.455 e. The number of nitrogens with zero attached hydrogens (tertiary/aromatic N) is 5. The number of ether oxygens (including phenoxy) is 1. The number of aromatic nitrogens is 4. The number of benzene rings is 1. The Morgan fingerprint density at radius 3 is 2.47 bits per heavy atom. The fraction of sp³-hybridized carbons (Fsp3) is 0.235. The largest absolute Gasteiger partial charge is 0.455 e. The molecular formula is C34H31FN6O4. The van der Waals surface area contributed by atoms with E-state index in [1.54, 1.807) is 36.7 Å². The number of amides is 2. The molecular weight excluding hydrogens is 575 g/mol. The fourth-order valence-corrected chi connectivity index (χ4v) is 5.41. The molecule has 0 radical (unpaired) electrons. The van der Waals surface area contributed by atoms with Gasteiger partial charge in [-0.15, -0.1) is 0 Å². The summed E-state index contributed by atoms with van der Waals surface area (Å²) in [6.07, 6.45) is 8.06. The molecule has 5 heterocycles. The van der Waals surface area contributed by atoms with E-state index in [-0.39, 0.29) is 29.1 Å². The minimum absolute atomic E-state index is 0.0122. The van der Waals surface area contributed by atoms with Crippen molar-refractivity contribution in [3.05, 3.63) is 113 Å². The molecule has 0 aliphatic carbocycles. The van der Waals surface area contributed by atoms with Gasteiger partial charge in [0.15, 0.2) is 0 Å². The van der Waals surface area contributed by atoms with E-state index in [2.05, 4.69) is 20.3 Å². The number of rotatable bonds is 7. The molecule has 10 nitrogen and oxygen atoms in total. The Hall–Kier alpha value is -5.45. The smallest absolute Gasteiger partial charge is 0.267 e. The topological polar surface area (TPSA) is 119 Å². The maximum Gasteiger partial charge on any atom is 0.267 e. The lowest BCUT2D eigenvalue weighted by atomic mass is 9.92. The number of nitrogens with one attached hydrogen (secondary N) is 1. The monoisotopic (exact) mass is 606 g/mol. The summed E-state index contributed by atoms with van der Waals surface area (Å²) in [5.74, 6) is 0.608. The number of pyridine rings is 4. The number of anilines is 1. The molecule has 1 N–H and O–H groups in total. The third-order valence-electron chi connectivity index (χ3n) is 7.83. The van der Waals surface area contributed by atoms with Gasteiger partial charge < -0.3 is 15.0 Å². The summed E-state index contributed by atoms with van der Waals surface area (Å²) in [7, 11) is 0. The van der Waals surface area contributed by atoms with Crippen molar-refractivity contribution in [3.63, 3.8) is 0 Å². The highest BCUT2D eigenvalue weighted by Gasteiger charge is 2.26. The van der Waals surface area contributed by atoms with Crippen LogP contribution in [0.4, 0.5) is 10.2 Å². The summed E-state index contributed by atoms with van der Waals surface area (Å²) in [4.78, 5) is 53.7. The van der Waals surface area contributed by atoms with Gasteiger partial charge in [0, 0.05) is 54.1 Å². The standard InChI is InChI=1S/C34H31FN6O4/c1-21(2)33(43)40-16-12-22(13-17-40)28-18-27-29(20-37-28)36-14-11-30(27)45-25-9-10-31(38-19-25)39-32(42)26-4-3-15-41(34(26)44)24-7-5-23(35)6-8-24/h3-11,14-15,18-22H,12-13,16-17H2,1-2H3,(H,38,39,42). The molecule has 45 heavy (non-hydrogen) atoms. The Morgan fingerprint density at radius 1 is 0.978 bits per heavy atom. The van der Waals surface area contributed by atoms with E-state index in [9.17, 15) is 18.8 Å². The van der Waals surface area contributed by atoms with Gasteiger partial charge in [-0.2, -0.15) is 0 Å². The second kappa shape index (κ2) is 12.7. The van der Waals surface area contributed by atoms with Gasteiger partial charge in [0.2, 0.25) is 5.91 Å². The highest BCUT2D eigenvalue weighted by atomic mass is 19.1. The lowest BCUT2D eigenvalue weighted by molar-refractivity contribution is -0.135. The maximum absolute atomic E-state index is 13.3. The summed E-state index contributed by atoms with van der Waals surface area (Å²) < 4.78 is 20.8. The normalized spacial score (nSPS) is 13.6. The lowest BCUT2D eigenvalue weighted by Crippen LogP contribution is -2.40. The molecule has 1 aliphatic heterocycles. The van der Waals surface area contributed by atoms with Crippen LogP contribution in [0.5, 0.6) is 11.5 Å². The van der Waals surface area contributed by atoms with Crippen LogP contribution < -0.4 is 15.6 Å². The molecule has 1 fully saturated rings. The first kappa shape index (κ1) is 29.6. The Labute approximate surface area is 258 Å². The first-order valence-corrected chi connectivity index (χ1v) is 14.7. The molecule has 0 spiro atoms. The summed E-state index contributed by atoms with van der Waals surface area (Å²) in [5.41, 5.74) is 1.43. The first-order chi connectivity index (χ1) is 21.8. The van der Waals surface area contributed by atoms with Crippen molar-refractivity contribution in [1.29, 1.82) is 0 Å². The first-order valence-electron chi connectivity index (χ1n) is 14.7. The Balaban J connectivity index is 1.15. The van der Waals surface area contributed by atoms with E-state index in [1.165, 1.54) is 47.3 Å². The molecule has 0 saturated carbocycles. The maximum atomic E-state index is 13.3. The van der Waals surface area contributed by atoms with Gasteiger partial charge in [-0.05, 0) is 73.5 Å². The average Bonchev–Trinajstić information content (AvgIpc) is 3.06. The van der Waals surface area contributed by atoms with E-state index in [0.717, 1.165) is 23.9 Å². The summed E-state index contributed by atoms with van der Waals surface area (Å²) >= 11 is 0. The van der Waals surface area contributed by atoms with Gasteiger partial charge in [0.05, 0.1) is 17.9 Å². The van der Waals surface area contributed by atoms with E-state index in [4.69, 9.17) is 4.74 Å². The van der Waals surface area contributed by atoms with Crippen molar-refractivity contribution in [2.45, 2.75) is 32.6 Å². The van der Waals surface area contributed by atoms with Gasteiger partial charge in [-0.3, -0.25) is 28.9 Å². The number of hydrogen-bond acceptors (Lipinski definition) is 7. The number of piperidine rings is 1. The van der Waals surface area contributed by atoms with Crippen molar-refractivity contribution in [2.24, 2.45) is 5.92 Å². The number of halogens is 1. The van der Waals surface area contributed by atoms with Crippen LogP contribution in [0, 0.1) is 11.7 Å². The van der Waals surface area contributed by atoms with Crippen molar-refractivity contribution < 1.29 is 18.7 Å². The lowest BCUT2D eigenvalue weighted by Gasteiger charge is -2.33. The zero-order valence-electron chi connectivity index (χ0n) is 24.8. The molecule has 228 valence electrons. The van der Waals surface area contributed by atoms with Gasteiger partial charge in [0.25, 0.3) is 11.5 Å². The van der Waals surface area contributed by atoms with Gasteiger partial charge in [0.1, 0.15) is 28.7 Å². The molecule has 5 aromatic rings. The van der Waals surface area contributed by atoms with Crippen LogP contribution in [0.3, 0.4) is 0 Å². The molecule has 2 amide bonds. The molecule has 11 heteroatoms. The van der Waals surface area contributed by atoms with Gasteiger partial charge in [-0.1, -0.05) is 13.8 Å². The molecule has 1 saturated heterocycles. The van der Waals surface area contributed by atoms with Crippen LogP contribution in [0.25, 0.3) is 16.6 Å². The van der Waals surface area contributed by atoms with Crippen LogP contribution >= 0.6 is 0 Å². The molecule has 1 aliphatic rings. The van der Waals surface area contributed by atoms with E-state index < -0.39 is 17.3 Å². The van der Waals surface area contributed by atoms with Gasteiger partial charge in [-0.25, -0.2) is 9.37 Å². The van der Waals surface area contributed by atoms with E-state index in [0.29, 0.717) is 35.8 Å². The number of likely N-dealkylation sites (tertiary alicyclic amines) is 1. The van der Waals surface area contributed by atoms with Crippen molar-refractivity contribution >= 4 is 28.5 Å². The van der Waals surface area contributed by atoms with Crippen LogP contribution in [-0.2, 0) is 4.79 Å². The number of fused-ring (bicyclic) bond motifs is 1.